The highest BCUT2D eigenvalue weighted by Gasteiger charge is 2.19. The van der Waals surface area contributed by atoms with E-state index in [1.807, 2.05) is 36.1 Å². The van der Waals surface area contributed by atoms with Crippen molar-refractivity contribution >= 4 is 15.9 Å². The zero-order valence-corrected chi connectivity index (χ0v) is 13.9. The van der Waals surface area contributed by atoms with Gasteiger partial charge in [0, 0.05) is 17.6 Å². The third kappa shape index (κ3) is 7.24. The third-order valence-corrected chi connectivity index (χ3v) is 3.26. The van der Waals surface area contributed by atoms with Gasteiger partial charge < -0.3 is 14.9 Å². The van der Waals surface area contributed by atoms with E-state index in [0.717, 1.165) is 16.8 Å². The average molecular weight is 346 g/mol. The Balaban J connectivity index is 2.40. The third-order valence-electron chi connectivity index (χ3n) is 2.77. The van der Waals surface area contributed by atoms with E-state index in [1.165, 1.54) is 0 Å². The van der Waals surface area contributed by atoms with Crippen LogP contribution in [-0.2, 0) is 0 Å². The summed E-state index contributed by atoms with van der Waals surface area (Å²) in [5.74, 6) is 0.726. The first-order valence-corrected chi connectivity index (χ1v) is 7.60. The van der Waals surface area contributed by atoms with Gasteiger partial charge in [0.25, 0.3) is 0 Å². The quantitative estimate of drug-likeness (QED) is 0.758. The maximum absolute atomic E-state index is 10.0. The van der Waals surface area contributed by atoms with Crippen LogP contribution >= 0.6 is 15.9 Å². The zero-order chi connectivity index (χ0) is 15.2. The molecule has 0 spiro atoms. The van der Waals surface area contributed by atoms with Crippen molar-refractivity contribution < 1.29 is 14.9 Å². The number of aliphatic hydroxyl groups is 2. The van der Waals surface area contributed by atoms with Gasteiger partial charge in [0.1, 0.15) is 18.5 Å². The van der Waals surface area contributed by atoms with E-state index >= 15 is 0 Å². The van der Waals surface area contributed by atoms with Crippen LogP contribution in [0.5, 0.6) is 5.75 Å². The summed E-state index contributed by atoms with van der Waals surface area (Å²) >= 11 is 3.38. The summed E-state index contributed by atoms with van der Waals surface area (Å²) in [5, 5.41) is 19.8. The minimum Gasteiger partial charge on any atom is -0.491 e. The van der Waals surface area contributed by atoms with Crippen molar-refractivity contribution in [2.24, 2.45) is 0 Å². The van der Waals surface area contributed by atoms with Crippen LogP contribution in [0.3, 0.4) is 0 Å². The molecule has 0 saturated carbocycles. The molecule has 5 heteroatoms. The summed E-state index contributed by atoms with van der Waals surface area (Å²) in [6, 6.07) is 7.52. The molecule has 1 aromatic carbocycles. The van der Waals surface area contributed by atoms with Crippen molar-refractivity contribution in [3.05, 3.63) is 28.7 Å². The largest absolute Gasteiger partial charge is 0.491 e. The number of nitrogens with zero attached hydrogens (tertiary/aromatic N) is 1. The van der Waals surface area contributed by atoms with Gasteiger partial charge >= 0.3 is 0 Å². The van der Waals surface area contributed by atoms with Crippen molar-refractivity contribution in [2.75, 3.05) is 26.2 Å². The summed E-state index contributed by atoms with van der Waals surface area (Å²) in [6.07, 6.45) is -0.587. The number of hydrogen-bond acceptors (Lipinski definition) is 4. The van der Waals surface area contributed by atoms with Crippen molar-refractivity contribution in [2.45, 2.75) is 32.5 Å². The fourth-order valence-electron chi connectivity index (χ4n) is 1.95. The second-order valence-electron chi connectivity index (χ2n) is 5.56. The van der Waals surface area contributed by atoms with E-state index in [2.05, 4.69) is 15.9 Å². The van der Waals surface area contributed by atoms with Crippen LogP contribution in [0.2, 0.25) is 0 Å². The van der Waals surface area contributed by atoms with Crippen molar-refractivity contribution in [1.29, 1.82) is 0 Å². The predicted molar refractivity (Wildman–Crippen MR) is 84.1 cm³/mol. The zero-order valence-electron chi connectivity index (χ0n) is 12.3. The number of hydrogen-bond donors (Lipinski definition) is 2. The summed E-state index contributed by atoms with van der Waals surface area (Å²) < 4.78 is 6.50. The van der Waals surface area contributed by atoms with Gasteiger partial charge in [-0.2, -0.15) is 0 Å². The topological polar surface area (TPSA) is 52.9 Å². The van der Waals surface area contributed by atoms with Crippen LogP contribution in [0.4, 0.5) is 0 Å². The minimum absolute atomic E-state index is 0.235. The van der Waals surface area contributed by atoms with Crippen molar-refractivity contribution in [3.63, 3.8) is 0 Å². The molecule has 114 valence electrons. The maximum atomic E-state index is 10.0. The molecule has 2 N–H and O–H groups in total. The number of benzene rings is 1. The van der Waals surface area contributed by atoms with E-state index in [0.29, 0.717) is 13.1 Å². The van der Waals surface area contributed by atoms with Gasteiger partial charge in [-0.15, -0.1) is 0 Å². The second-order valence-corrected chi connectivity index (χ2v) is 6.48. The SMILES string of the molecule is CCN(CC(O)COc1cccc(Br)c1)CC(C)(C)O. The number of ether oxygens (including phenoxy) is 1. The average Bonchev–Trinajstić information content (AvgIpc) is 2.34. The standard InChI is InChI=1S/C15H24BrNO3/c1-4-17(11-15(2,3)19)9-13(18)10-20-14-7-5-6-12(16)8-14/h5-8,13,18-19H,4,9-11H2,1-3H3. The van der Waals surface area contributed by atoms with Gasteiger partial charge in [-0.3, -0.25) is 4.90 Å². The van der Waals surface area contributed by atoms with Gasteiger partial charge in [-0.25, -0.2) is 0 Å². The molecule has 1 unspecified atom stereocenters. The van der Waals surface area contributed by atoms with E-state index in [-0.39, 0.29) is 6.61 Å². The van der Waals surface area contributed by atoms with Crippen LogP contribution in [0.15, 0.2) is 28.7 Å². The lowest BCUT2D eigenvalue weighted by atomic mass is 10.1. The summed E-state index contributed by atoms with van der Waals surface area (Å²) in [7, 11) is 0. The number of rotatable bonds is 8. The molecule has 0 aliphatic heterocycles. The normalized spacial score (nSPS) is 13.6. The minimum atomic E-state index is -0.763. The molecular weight excluding hydrogens is 322 g/mol. The smallest absolute Gasteiger partial charge is 0.120 e. The van der Waals surface area contributed by atoms with Crippen molar-refractivity contribution in [1.82, 2.24) is 4.90 Å². The lowest BCUT2D eigenvalue weighted by Crippen LogP contribution is -2.43. The molecular formula is C15H24BrNO3. The molecule has 1 aromatic rings. The van der Waals surface area contributed by atoms with Gasteiger partial charge in [-0.1, -0.05) is 28.9 Å². The molecule has 0 heterocycles. The molecule has 0 bridgehead atoms. The Morgan fingerprint density at radius 2 is 2.10 bits per heavy atom. The van der Waals surface area contributed by atoms with E-state index in [9.17, 15) is 10.2 Å². The highest BCUT2D eigenvalue weighted by atomic mass is 79.9. The van der Waals surface area contributed by atoms with Gasteiger partial charge in [-0.05, 0) is 38.6 Å². The Hall–Kier alpha value is -0.620. The highest BCUT2D eigenvalue weighted by molar-refractivity contribution is 9.10. The Morgan fingerprint density at radius 3 is 2.65 bits per heavy atom. The summed E-state index contributed by atoms with van der Waals surface area (Å²) in [4.78, 5) is 2.01. The molecule has 0 aliphatic carbocycles. The first kappa shape index (κ1) is 17.4. The first-order chi connectivity index (χ1) is 9.30. The van der Waals surface area contributed by atoms with E-state index in [1.54, 1.807) is 13.8 Å². The second kappa shape index (κ2) is 7.98. The van der Waals surface area contributed by atoms with E-state index in [4.69, 9.17) is 4.74 Å². The monoisotopic (exact) mass is 345 g/mol. The first-order valence-electron chi connectivity index (χ1n) is 6.81. The Bertz CT molecular complexity index is 406. The van der Waals surface area contributed by atoms with Gasteiger partial charge in [0.2, 0.25) is 0 Å². The Labute approximate surface area is 129 Å². The fraction of sp³-hybridized carbons (Fsp3) is 0.600. The van der Waals surface area contributed by atoms with Crippen LogP contribution in [0.25, 0.3) is 0 Å². The summed E-state index contributed by atoms with van der Waals surface area (Å²) in [6.45, 7) is 7.55. The predicted octanol–water partition coefficient (Wildman–Crippen LogP) is 2.28. The van der Waals surface area contributed by atoms with Crippen LogP contribution < -0.4 is 4.74 Å². The lowest BCUT2D eigenvalue weighted by Gasteiger charge is -2.29. The van der Waals surface area contributed by atoms with E-state index < -0.39 is 11.7 Å². The molecule has 0 aromatic heterocycles. The fourth-order valence-corrected chi connectivity index (χ4v) is 2.33. The number of likely N-dealkylation sites (N-methyl/N-ethyl adjacent to an activating group) is 1. The molecule has 0 saturated heterocycles. The molecule has 0 radical (unpaired) electrons. The molecule has 20 heavy (non-hydrogen) atoms. The number of halogens is 1. The molecule has 0 amide bonds. The molecule has 0 fully saturated rings. The Morgan fingerprint density at radius 1 is 1.40 bits per heavy atom. The Kier molecular flexibility index (Phi) is 6.95. The molecule has 0 aliphatic rings. The molecule has 1 rings (SSSR count). The van der Waals surface area contributed by atoms with Crippen molar-refractivity contribution in [3.8, 4) is 5.75 Å². The number of aliphatic hydroxyl groups excluding tert-OH is 1. The van der Waals surface area contributed by atoms with Gasteiger partial charge in [0.05, 0.1) is 5.60 Å². The van der Waals surface area contributed by atoms with Gasteiger partial charge in [0.15, 0.2) is 0 Å². The highest BCUT2D eigenvalue weighted by Crippen LogP contribution is 2.17. The van der Waals surface area contributed by atoms with Crippen LogP contribution in [0.1, 0.15) is 20.8 Å². The summed E-state index contributed by atoms with van der Waals surface area (Å²) in [5.41, 5.74) is -0.763. The van der Waals surface area contributed by atoms with Crippen LogP contribution in [-0.4, -0.2) is 53.1 Å². The maximum Gasteiger partial charge on any atom is 0.120 e. The molecule has 4 nitrogen and oxygen atoms in total. The van der Waals surface area contributed by atoms with Crippen LogP contribution in [0, 0.1) is 0 Å². The molecule has 1 atom stereocenters. The lowest BCUT2D eigenvalue weighted by molar-refractivity contribution is 0.0115.